The van der Waals surface area contributed by atoms with E-state index in [1.54, 1.807) is 13.4 Å². The predicted molar refractivity (Wildman–Crippen MR) is 84.2 cm³/mol. The highest BCUT2D eigenvalue weighted by Crippen LogP contribution is 2.36. The van der Waals surface area contributed by atoms with Crippen molar-refractivity contribution in [3.05, 3.63) is 44.7 Å². The molecule has 2 rings (SSSR count). The molecule has 0 fully saturated rings. The van der Waals surface area contributed by atoms with Crippen LogP contribution in [0.15, 0.2) is 37.8 Å². The third-order valence-corrected chi connectivity index (χ3v) is 4.01. The van der Waals surface area contributed by atoms with Gasteiger partial charge in [0.25, 0.3) is 0 Å². The van der Waals surface area contributed by atoms with Crippen LogP contribution in [0.4, 0.5) is 0 Å². The minimum atomic E-state index is 0.376. The Balaban J connectivity index is 2.11. The lowest BCUT2D eigenvalue weighted by atomic mass is 10.2. The lowest BCUT2D eigenvalue weighted by Gasteiger charge is -2.11. The average molecular weight is 405 g/mol. The van der Waals surface area contributed by atoms with E-state index in [-0.39, 0.29) is 0 Å². The molecule has 0 aliphatic carbocycles. The molecular weight excluding hydrogens is 390 g/mol. The first-order valence-corrected chi connectivity index (χ1v) is 7.60. The van der Waals surface area contributed by atoms with Crippen LogP contribution in [0.1, 0.15) is 11.3 Å². The molecule has 6 heteroatoms. The zero-order valence-electron chi connectivity index (χ0n) is 11.2. The molecule has 0 radical (unpaired) electrons. The standard InChI is InChI=1S/C14H15Br2NO3/c1-17-7-9-3-4-19-14(9)8-20-13-6-10(15)12(18-2)5-11(13)16/h3-6,17H,7-8H2,1-2H3. The summed E-state index contributed by atoms with van der Waals surface area (Å²) in [5, 5.41) is 3.10. The molecule has 0 saturated carbocycles. The van der Waals surface area contributed by atoms with E-state index < -0.39 is 0 Å². The molecule has 0 aliphatic rings. The van der Waals surface area contributed by atoms with Crippen molar-refractivity contribution in [2.45, 2.75) is 13.2 Å². The Kier molecular flexibility index (Phi) is 5.51. The van der Waals surface area contributed by atoms with Crippen LogP contribution in [0, 0.1) is 0 Å². The maximum atomic E-state index is 5.79. The quantitative estimate of drug-likeness (QED) is 0.786. The molecule has 4 nitrogen and oxygen atoms in total. The Bertz CT molecular complexity index is 584. The Hall–Kier alpha value is -0.980. The first kappa shape index (κ1) is 15.4. The smallest absolute Gasteiger partial charge is 0.146 e. The number of benzene rings is 1. The lowest BCUT2D eigenvalue weighted by Crippen LogP contribution is -2.07. The van der Waals surface area contributed by atoms with Gasteiger partial charge in [-0.3, -0.25) is 0 Å². The van der Waals surface area contributed by atoms with E-state index in [1.807, 2.05) is 25.2 Å². The second-order valence-corrected chi connectivity index (χ2v) is 5.81. The SMILES string of the molecule is CNCc1ccoc1COc1cc(Br)c(OC)cc1Br. The van der Waals surface area contributed by atoms with Crippen molar-refractivity contribution in [2.24, 2.45) is 0 Å². The zero-order valence-corrected chi connectivity index (χ0v) is 14.4. The second-order valence-electron chi connectivity index (χ2n) is 4.11. The third-order valence-electron chi connectivity index (χ3n) is 2.77. The molecule has 1 aromatic carbocycles. The van der Waals surface area contributed by atoms with Crippen LogP contribution < -0.4 is 14.8 Å². The fourth-order valence-corrected chi connectivity index (χ4v) is 2.68. The number of nitrogens with one attached hydrogen (secondary N) is 1. The fraction of sp³-hybridized carbons (Fsp3) is 0.286. The van der Waals surface area contributed by atoms with Crippen LogP contribution >= 0.6 is 31.9 Å². The van der Waals surface area contributed by atoms with Gasteiger partial charge in [0.15, 0.2) is 0 Å². The van der Waals surface area contributed by atoms with Crippen molar-refractivity contribution in [3.8, 4) is 11.5 Å². The molecule has 20 heavy (non-hydrogen) atoms. The van der Waals surface area contributed by atoms with Crippen molar-refractivity contribution in [1.29, 1.82) is 0 Å². The minimum Gasteiger partial charge on any atom is -0.496 e. The number of furan rings is 1. The van der Waals surface area contributed by atoms with Crippen molar-refractivity contribution < 1.29 is 13.9 Å². The summed E-state index contributed by atoms with van der Waals surface area (Å²) in [5.41, 5.74) is 1.09. The van der Waals surface area contributed by atoms with Gasteiger partial charge < -0.3 is 19.2 Å². The molecule has 2 aromatic rings. The summed E-state index contributed by atoms with van der Waals surface area (Å²) in [6.07, 6.45) is 1.67. The summed E-state index contributed by atoms with van der Waals surface area (Å²) >= 11 is 6.91. The highest BCUT2D eigenvalue weighted by atomic mass is 79.9. The number of rotatable bonds is 6. The van der Waals surface area contributed by atoms with E-state index in [9.17, 15) is 0 Å². The highest BCUT2D eigenvalue weighted by molar-refractivity contribution is 9.11. The Morgan fingerprint density at radius 1 is 1.20 bits per heavy atom. The van der Waals surface area contributed by atoms with Crippen LogP contribution in [0.2, 0.25) is 0 Å². The molecule has 1 heterocycles. The number of hydrogen-bond donors (Lipinski definition) is 1. The van der Waals surface area contributed by atoms with Gasteiger partial charge >= 0.3 is 0 Å². The molecule has 0 aliphatic heterocycles. The number of halogens is 2. The van der Waals surface area contributed by atoms with Crippen LogP contribution in [0.25, 0.3) is 0 Å². The summed E-state index contributed by atoms with van der Waals surface area (Å²) in [5.74, 6) is 2.29. The van der Waals surface area contributed by atoms with Gasteiger partial charge in [-0.15, -0.1) is 0 Å². The van der Waals surface area contributed by atoms with Gasteiger partial charge in [0.1, 0.15) is 23.9 Å². The van der Waals surface area contributed by atoms with Crippen LogP contribution in [-0.4, -0.2) is 14.2 Å². The zero-order chi connectivity index (χ0) is 14.5. The molecule has 108 valence electrons. The molecule has 0 bridgehead atoms. The molecule has 0 spiro atoms. The van der Waals surface area contributed by atoms with E-state index in [0.717, 1.165) is 38.3 Å². The van der Waals surface area contributed by atoms with Crippen molar-refractivity contribution in [3.63, 3.8) is 0 Å². The minimum absolute atomic E-state index is 0.376. The number of ether oxygens (including phenoxy) is 2. The number of hydrogen-bond acceptors (Lipinski definition) is 4. The summed E-state index contributed by atoms with van der Waals surface area (Å²) in [6, 6.07) is 5.66. The first-order chi connectivity index (χ1) is 9.65. The van der Waals surface area contributed by atoms with E-state index in [0.29, 0.717) is 6.61 Å². The molecular formula is C14H15Br2NO3. The van der Waals surface area contributed by atoms with Gasteiger partial charge in [-0.1, -0.05) is 0 Å². The normalized spacial score (nSPS) is 10.6. The van der Waals surface area contributed by atoms with Crippen LogP contribution in [0.3, 0.4) is 0 Å². The molecule has 0 saturated heterocycles. The topological polar surface area (TPSA) is 43.6 Å². The second kappa shape index (κ2) is 7.15. The molecule has 1 aromatic heterocycles. The van der Waals surface area contributed by atoms with E-state index in [4.69, 9.17) is 13.9 Å². The predicted octanol–water partition coefficient (Wildman–Crippen LogP) is 4.11. The lowest BCUT2D eigenvalue weighted by molar-refractivity contribution is 0.266. The summed E-state index contributed by atoms with van der Waals surface area (Å²) in [6.45, 7) is 1.13. The van der Waals surface area contributed by atoms with E-state index in [1.165, 1.54) is 0 Å². The Morgan fingerprint density at radius 2 is 1.90 bits per heavy atom. The fourth-order valence-electron chi connectivity index (χ4n) is 1.76. The van der Waals surface area contributed by atoms with E-state index >= 15 is 0 Å². The molecule has 1 N–H and O–H groups in total. The molecule has 0 amide bonds. The average Bonchev–Trinajstić information content (AvgIpc) is 2.87. The van der Waals surface area contributed by atoms with Crippen LogP contribution in [-0.2, 0) is 13.2 Å². The van der Waals surface area contributed by atoms with Crippen molar-refractivity contribution >= 4 is 31.9 Å². The highest BCUT2D eigenvalue weighted by Gasteiger charge is 2.11. The molecule has 0 atom stereocenters. The largest absolute Gasteiger partial charge is 0.496 e. The van der Waals surface area contributed by atoms with Crippen molar-refractivity contribution in [1.82, 2.24) is 5.32 Å². The van der Waals surface area contributed by atoms with Crippen LogP contribution in [0.5, 0.6) is 11.5 Å². The van der Waals surface area contributed by atoms with Gasteiger partial charge in [-0.2, -0.15) is 0 Å². The maximum absolute atomic E-state index is 5.79. The number of methoxy groups -OCH3 is 1. The molecule has 0 unspecified atom stereocenters. The van der Waals surface area contributed by atoms with Gasteiger partial charge in [0, 0.05) is 12.1 Å². The summed E-state index contributed by atoms with van der Waals surface area (Å²) in [4.78, 5) is 0. The Morgan fingerprint density at radius 3 is 2.60 bits per heavy atom. The summed E-state index contributed by atoms with van der Waals surface area (Å²) in [7, 11) is 3.52. The van der Waals surface area contributed by atoms with Gasteiger partial charge in [0.2, 0.25) is 0 Å². The van der Waals surface area contributed by atoms with Gasteiger partial charge in [-0.05, 0) is 57.1 Å². The van der Waals surface area contributed by atoms with Gasteiger partial charge in [-0.25, -0.2) is 0 Å². The first-order valence-electron chi connectivity index (χ1n) is 6.01. The third kappa shape index (κ3) is 3.56. The monoisotopic (exact) mass is 403 g/mol. The Labute approximate surface area is 134 Å². The maximum Gasteiger partial charge on any atom is 0.146 e. The van der Waals surface area contributed by atoms with Crippen molar-refractivity contribution in [2.75, 3.05) is 14.2 Å². The summed E-state index contributed by atoms with van der Waals surface area (Å²) < 4.78 is 18.1. The van der Waals surface area contributed by atoms with Gasteiger partial charge in [0.05, 0.1) is 22.3 Å². The van der Waals surface area contributed by atoms with E-state index in [2.05, 4.69) is 37.2 Å².